The molecule has 3 atom stereocenters. The van der Waals surface area contributed by atoms with E-state index in [0.29, 0.717) is 60.3 Å². The third kappa shape index (κ3) is 8.25. The number of carbonyl (C=O) groups is 3. The second kappa shape index (κ2) is 16.3. The van der Waals surface area contributed by atoms with Crippen molar-refractivity contribution in [3.05, 3.63) is 83.0 Å². The zero-order valence-electron chi connectivity index (χ0n) is 34.0. The normalized spacial score (nSPS) is 22.7. The van der Waals surface area contributed by atoms with Crippen LogP contribution >= 0.6 is 7.82 Å². The molecule has 7 heterocycles. The number of imide groups is 1. The number of rotatable bonds is 12. The Morgan fingerprint density at radius 2 is 1.82 bits per heavy atom. The minimum Gasteiger partial charge on any atom is -0.472 e. The van der Waals surface area contributed by atoms with Crippen molar-refractivity contribution in [1.29, 1.82) is 0 Å². The summed E-state index contributed by atoms with van der Waals surface area (Å²) in [6.07, 6.45) is 3.98. The van der Waals surface area contributed by atoms with Gasteiger partial charge in [0.25, 0.3) is 5.91 Å². The van der Waals surface area contributed by atoms with Crippen LogP contribution in [0, 0.1) is 6.92 Å². The smallest absolute Gasteiger partial charge is 0.472 e. The van der Waals surface area contributed by atoms with Crippen LogP contribution in [0.1, 0.15) is 59.7 Å². The Hall–Kier alpha value is -5.65. The molecule has 0 spiro atoms. The van der Waals surface area contributed by atoms with Gasteiger partial charge in [0.1, 0.15) is 17.9 Å². The van der Waals surface area contributed by atoms with Gasteiger partial charge in [-0.1, -0.05) is 25.1 Å². The van der Waals surface area contributed by atoms with E-state index < -0.39 is 26.6 Å². The lowest BCUT2D eigenvalue weighted by atomic mass is 9.90. The van der Waals surface area contributed by atoms with Crippen LogP contribution < -0.4 is 29.9 Å². The van der Waals surface area contributed by atoms with Gasteiger partial charge < -0.3 is 39.3 Å². The zero-order chi connectivity index (χ0) is 42.5. The molecule has 3 amide bonds. The second-order valence-electron chi connectivity index (χ2n) is 16.3. The lowest BCUT2D eigenvalue weighted by molar-refractivity contribution is -0.136. The number of anilines is 3. The number of carbonyl (C=O) groups excluding carboxylic acids is 3. The number of amides is 3. The molecular weight excluding hydrogens is 805 g/mol. The van der Waals surface area contributed by atoms with Crippen LogP contribution in [0.5, 0.6) is 11.6 Å². The summed E-state index contributed by atoms with van der Waals surface area (Å²) in [5.74, 6) is 0.759. The number of aryl methyl sites for hydroxylation is 1. The number of hydrogen-bond donors (Lipinski definition) is 4. The van der Waals surface area contributed by atoms with Crippen LogP contribution in [0.25, 0.3) is 11.3 Å². The van der Waals surface area contributed by atoms with Crippen LogP contribution in [0.15, 0.2) is 60.8 Å². The first-order valence-electron chi connectivity index (χ1n) is 20.5. The Kier molecular flexibility index (Phi) is 10.9. The molecular formula is C42H48N9O9P. The van der Waals surface area contributed by atoms with Crippen LogP contribution in [0.2, 0.25) is 0 Å². The average Bonchev–Trinajstić information content (AvgIpc) is 3.79. The van der Waals surface area contributed by atoms with Crippen molar-refractivity contribution >= 4 is 42.7 Å². The monoisotopic (exact) mass is 853 g/mol. The molecule has 61 heavy (non-hydrogen) atoms. The third-order valence-corrected chi connectivity index (χ3v) is 12.9. The Balaban J connectivity index is 0.814. The molecule has 5 aliphatic heterocycles. The highest BCUT2D eigenvalue weighted by Crippen LogP contribution is 2.46. The van der Waals surface area contributed by atoms with E-state index in [1.54, 1.807) is 17.0 Å². The number of nitrogens with zero attached hydrogens (tertiary/aromatic N) is 7. The molecule has 18 nitrogen and oxygen atoms in total. The number of phosphoric acid groups is 1. The fourth-order valence-corrected chi connectivity index (χ4v) is 9.45. The molecule has 9 rings (SSSR count). The van der Waals surface area contributed by atoms with Crippen molar-refractivity contribution in [2.24, 2.45) is 0 Å². The summed E-state index contributed by atoms with van der Waals surface area (Å²) < 4.78 is 27.9. The molecule has 0 saturated carbocycles. The molecule has 320 valence electrons. The molecule has 0 bridgehead atoms. The molecule has 2 aromatic heterocycles. The quantitative estimate of drug-likeness (QED) is 0.0911. The lowest BCUT2D eigenvalue weighted by Gasteiger charge is -2.43. The van der Waals surface area contributed by atoms with E-state index in [1.165, 1.54) is 0 Å². The number of pyridine rings is 1. The van der Waals surface area contributed by atoms with E-state index in [2.05, 4.69) is 59.1 Å². The van der Waals surface area contributed by atoms with Crippen LogP contribution in [0.4, 0.5) is 17.2 Å². The highest BCUT2D eigenvalue weighted by molar-refractivity contribution is 7.46. The third-order valence-electron chi connectivity index (χ3n) is 12.5. The van der Waals surface area contributed by atoms with Gasteiger partial charge in [-0.2, -0.15) is 0 Å². The first-order chi connectivity index (χ1) is 29.4. The molecule has 0 unspecified atom stereocenters. The Labute approximate surface area is 352 Å². The van der Waals surface area contributed by atoms with E-state index in [4.69, 9.17) is 24.2 Å². The topological polar surface area (TPSA) is 212 Å². The maximum Gasteiger partial charge on any atom is 0.472 e. The number of hydrogen-bond acceptors (Lipinski definition) is 14. The predicted octanol–water partition coefficient (Wildman–Crippen LogP) is 3.61. The number of piperazine rings is 1. The van der Waals surface area contributed by atoms with Gasteiger partial charge in [0.15, 0.2) is 12.6 Å². The van der Waals surface area contributed by atoms with Gasteiger partial charge >= 0.3 is 7.82 Å². The van der Waals surface area contributed by atoms with Crippen molar-refractivity contribution in [2.75, 3.05) is 61.2 Å². The summed E-state index contributed by atoms with van der Waals surface area (Å²) in [6, 6.07) is 16.5. The van der Waals surface area contributed by atoms with Crippen molar-refractivity contribution in [2.45, 2.75) is 70.3 Å². The van der Waals surface area contributed by atoms with Gasteiger partial charge in [-0.25, -0.2) is 14.1 Å². The molecule has 4 aromatic rings. The number of phosphoric ester groups is 1. The Morgan fingerprint density at radius 1 is 1.00 bits per heavy atom. The number of benzene rings is 2. The standard InChI is InChI=1S/C42H48N9O9P/c1-3-42-19-30(23-51(42)35-18-33(46-47-38(35)44-24-42)31-6-4-5-7-36(31)58-25-59-61(55,56)57)60-40-26(2)16-27(20-43-40)21-48-12-14-49(15-13-48)29-9-8-28-22-50(41(54)32(28)17-29)34-10-11-37(52)45-39(34)53/h4-9,16-18,20,30,34H,3,10-15,19,21-25H2,1-2H3,(H,44,47)(H,45,52,53)(H2,55,56,57)/t30-,34+,42+/m1/s1. The summed E-state index contributed by atoms with van der Waals surface area (Å²) in [7, 11) is -4.70. The summed E-state index contributed by atoms with van der Waals surface area (Å²) in [6.45, 7) is 9.26. The highest BCUT2D eigenvalue weighted by atomic mass is 31.2. The van der Waals surface area contributed by atoms with Crippen molar-refractivity contribution in [3.8, 4) is 22.9 Å². The molecule has 2 aromatic carbocycles. The largest absolute Gasteiger partial charge is 0.472 e. The number of piperidine rings is 1. The lowest BCUT2D eigenvalue weighted by Crippen LogP contribution is -2.52. The first-order valence-corrected chi connectivity index (χ1v) is 22.1. The molecule has 0 radical (unpaired) electrons. The summed E-state index contributed by atoms with van der Waals surface area (Å²) in [5, 5.41) is 14.8. The molecule has 0 aliphatic carbocycles. The van der Waals surface area contributed by atoms with Crippen LogP contribution in [-0.2, 0) is 31.8 Å². The zero-order valence-corrected chi connectivity index (χ0v) is 34.8. The molecule has 3 fully saturated rings. The van der Waals surface area contributed by atoms with Gasteiger partial charge in [0.2, 0.25) is 17.7 Å². The van der Waals surface area contributed by atoms with Crippen LogP contribution in [0.3, 0.4) is 0 Å². The number of aromatic nitrogens is 3. The number of ether oxygens (including phenoxy) is 2. The maximum absolute atomic E-state index is 13.4. The molecule has 3 saturated heterocycles. The molecule has 19 heteroatoms. The predicted molar refractivity (Wildman–Crippen MR) is 223 cm³/mol. The van der Waals surface area contributed by atoms with Gasteiger partial charge in [0, 0.05) is 87.2 Å². The van der Waals surface area contributed by atoms with Gasteiger partial charge in [-0.05, 0) is 67.3 Å². The minimum absolute atomic E-state index is 0.134. The Morgan fingerprint density at radius 3 is 2.59 bits per heavy atom. The van der Waals surface area contributed by atoms with E-state index in [9.17, 15) is 18.9 Å². The summed E-state index contributed by atoms with van der Waals surface area (Å²) >= 11 is 0. The second-order valence-corrected chi connectivity index (χ2v) is 17.5. The molecule has 5 aliphatic rings. The highest BCUT2D eigenvalue weighted by Gasteiger charge is 2.49. The summed E-state index contributed by atoms with van der Waals surface area (Å²) in [5.41, 5.74) is 6.37. The van der Waals surface area contributed by atoms with Gasteiger partial charge in [-0.3, -0.25) is 24.6 Å². The number of para-hydroxylation sites is 1. The van der Waals surface area contributed by atoms with Gasteiger partial charge in [0.05, 0.1) is 23.5 Å². The fourth-order valence-electron chi connectivity index (χ4n) is 9.26. The van der Waals surface area contributed by atoms with Gasteiger partial charge in [-0.15, -0.1) is 10.2 Å². The van der Waals surface area contributed by atoms with E-state index >= 15 is 0 Å². The average molecular weight is 854 g/mol. The number of nitrogens with one attached hydrogen (secondary N) is 2. The van der Waals surface area contributed by atoms with E-state index in [0.717, 1.165) is 73.6 Å². The van der Waals surface area contributed by atoms with E-state index in [1.807, 2.05) is 43.5 Å². The maximum atomic E-state index is 13.4. The van der Waals surface area contributed by atoms with Crippen molar-refractivity contribution < 1.29 is 42.7 Å². The Bertz CT molecular complexity index is 2430. The molecule has 4 N–H and O–H groups in total. The SMILES string of the molecule is CC[C@]12CNc3nnc(-c4ccccc4OCOP(=O)(O)O)cc3N1C[C@H](Oc1ncc(CN3CCN(c4ccc5c(c4)C(=O)N([C@H]4CCC(=O)NC4=O)C5)CC3)cc1C)C2. The summed E-state index contributed by atoms with van der Waals surface area (Å²) in [4.78, 5) is 69.1. The van der Waals surface area contributed by atoms with E-state index in [-0.39, 0.29) is 29.9 Å². The fraction of sp³-hybridized carbons (Fsp3) is 0.429. The number of fused-ring (bicyclic) bond motifs is 4. The van der Waals surface area contributed by atoms with Crippen LogP contribution in [-0.4, -0.2) is 116 Å². The van der Waals surface area contributed by atoms with Crippen molar-refractivity contribution in [3.63, 3.8) is 0 Å². The minimum atomic E-state index is -4.70. The first kappa shape index (κ1) is 40.7. The van der Waals surface area contributed by atoms with Crippen molar-refractivity contribution in [1.82, 2.24) is 30.3 Å².